The highest BCUT2D eigenvalue weighted by molar-refractivity contribution is 5.94. The van der Waals surface area contributed by atoms with E-state index in [9.17, 15) is 0 Å². The quantitative estimate of drug-likeness (QED) is 0.408. The Kier molecular flexibility index (Phi) is 2.92. The van der Waals surface area contributed by atoms with Gasteiger partial charge >= 0.3 is 0 Å². The van der Waals surface area contributed by atoms with Crippen molar-refractivity contribution in [2.75, 3.05) is 6.54 Å². The van der Waals surface area contributed by atoms with Crippen molar-refractivity contribution in [3.8, 4) is 0 Å². The van der Waals surface area contributed by atoms with Crippen LogP contribution < -0.4 is 5.32 Å². The first kappa shape index (κ1) is 7.21. The van der Waals surface area contributed by atoms with Gasteiger partial charge in [-0.3, -0.25) is 5.41 Å². The molecule has 0 aliphatic heterocycles. The second-order valence-corrected chi connectivity index (χ2v) is 1.69. The zero-order valence-corrected chi connectivity index (χ0v) is 5.41. The monoisotopic (exact) mass is 112 g/mol. The first-order chi connectivity index (χ1) is 3.68. The summed E-state index contributed by atoms with van der Waals surface area (Å²) in [6.45, 7) is 8.15. The van der Waals surface area contributed by atoms with Gasteiger partial charge in [-0.2, -0.15) is 0 Å². The normalized spacial score (nSPS) is 8.25. The molecule has 0 heterocycles. The van der Waals surface area contributed by atoms with Gasteiger partial charge in [0.2, 0.25) is 0 Å². The topological polar surface area (TPSA) is 35.9 Å². The molecule has 2 heteroatoms. The minimum Gasteiger partial charge on any atom is -0.371 e. The minimum atomic E-state index is 0.438. The van der Waals surface area contributed by atoms with Crippen LogP contribution in [0.15, 0.2) is 12.2 Å². The van der Waals surface area contributed by atoms with E-state index in [0.717, 1.165) is 12.1 Å². The summed E-state index contributed by atoms with van der Waals surface area (Å²) in [6, 6.07) is 0. The molecule has 0 aromatic carbocycles. The van der Waals surface area contributed by atoms with E-state index in [1.807, 2.05) is 13.8 Å². The molecule has 0 aromatic heterocycles. The molecule has 0 amide bonds. The minimum absolute atomic E-state index is 0.438. The maximum Gasteiger partial charge on any atom is 0.120 e. The number of hydrogen-bond acceptors (Lipinski definition) is 1. The van der Waals surface area contributed by atoms with Crippen molar-refractivity contribution in [1.82, 2.24) is 5.32 Å². The smallest absolute Gasteiger partial charge is 0.120 e. The molecule has 0 aliphatic rings. The van der Waals surface area contributed by atoms with Crippen molar-refractivity contribution in [1.29, 1.82) is 5.41 Å². The Morgan fingerprint density at radius 1 is 1.75 bits per heavy atom. The largest absolute Gasteiger partial charge is 0.371 e. The molecule has 0 bridgehead atoms. The summed E-state index contributed by atoms with van der Waals surface area (Å²) in [5.74, 6) is 0.438. The number of amidine groups is 1. The fraction of sp³-hybridized carbons (Fsp3) is 0.500. The van der Waals surface area contributed by atoms with Gasteiger partial charge in [0.15, 0.2) is 0 Å². The lowest BCUT2D eigenvalue weighted by molar-refractivity contribution is 0.955. The van der Waals surface area contributed by atoms with Crippen molar-refractivity contribution in [2.24, 2.45) is 0 Å². The zero-order chi connectivity index (χ0) is 6.57. The second-order valence-electron chi connectivity index (χ2n) is 1.69. The van der Waals surface area contributed by atoms with E-state index in [1.165, 1.54) is 0 Å². The lowest BCUT2D eigenvalue weighted by Gasteiger charge is -2.01. The maximum atomic E-state index is 7.13. The molecule has 0 rings (SSSR count). The van der Waals surface area contributed by atoms with E-state index in [4.69, 9.17) is 5.41 Å². The summed E-state index contributed by atoms with van der Waals surface area (Å²) in [5.41, 5.74) is 0.784. The van der Waals surface area contributed by atoms with Crippen LogP contribution in [0.1, 0.15) is 13.8 Å². The summed E-state index contributed by atoms with van der Waals surface area (Å²) in [7, 11) is 0. The number of hydrogen-bond donors (Lipinski definition) is 2. The fourth-order valence-electron chi connectivity index (χ4n) is 0.328. The molecule has 2 nitrogen and oxygen atoms in total. The lowest BCUT2D eigenvalue weighted by Crippen LogP contribution is -2.21. The molecule has 0 unspecified atom stereocenters. The van der Waals surface area contributed by atoms with Gasteiger partial charge in [0.05, 0.1) is 0 Å². The van der Waals surface area contributed by atoms with Gasteiger partial charge in [-0.15, -0.1) is 0 Å². The van der Waals surface area contributed by atoms with Gasteiger partial charge in [-0.25, -0.2) is 0 Å². The van der Waals surface area contributed by atoms with Crippen LogP contribution in [-0.4, -0.2) is 12.4 Å². The van der Waals surface area contributed by atoms with E-state index in [1.54, 1.807) is 0 Å². The standard InChI is InChI=1S/C6H12N2/c1-4-8-6(7)5(2)3/h2,4H2,1,3H3,(H2,7,8). The van der Waals surface area contributed by atoms with E-state index < -0.39 is 0 Å². The molecular formula is C6H12N2. The van der Waals surface area contributed by atoms with Crippen LogP contribution in [0.3, 0.4) is 0 Å². The number of rotatable bonds is 2. The van der Waals surface area contributed by atoms with Crippen LogP contribution in [0.4, 0.5) is 0 Å². The number of likely N-dealkylation sites (N-methyl/N-ethyl adjacent to an activating group) is 1. The molecule has 0 aliphatic carbocycles. The van der Waals surface area contributed by atoms with Crippen molar-refractivity contribution >= 4 is 5.84 Å². The van der Waals surface area contributed by atoms with Crippen molar-refractivity contribution in [2.45, 2.75) is 13.8 Å². The molecule has 0 atom stereocenters. The van der Waals surface area contributed by atoms with E-state index in [0.29, 0.717) is 5.84 Å². The van der Waals surface area contributed by atoms with Crippen LogP contribution in [-0.2, 0) is 0 Å². The maximum absolute atomic E-state index is 7.13. The summed E-state index contributed by atoms with van der Waals surface area (Å²) < 4.78 is 0. The highest BCUT2D eigenvalue weighted by Gasteiger charge is 1.89. The lowest BCUT2D eigenvalue weighted by atomic mass is 10.3. The molecule has 8 heavy (non-hydrogen) atoms. The van der Waals surface area contributed by atoms with Crippen molar-refractivity contribution in [3.63, 3.8) is 0 Å². The van der Waals surface area contributed by atoms with Crippen LogP contribution in [0.25, 0.3) is 0 Å². The second kappa shape index (κ2) is 3.24. The fourth-order valence-corrected chi connectivity index (χ4v) is 0.328. The Morgan fingerprint density at radius 3 is 2.38 bits per heavy atom. The van der Waals surface area contributed by atoms with Gasteiger partial charge in [0.25, 0.3) is 0 Å². The van der Waals surface area contributed by atoms with E-state index in [-0.39, 0.29) is 0 Å². The first-order valence-electron chi connectivity index (χ1n) is 2.66. The van der Waals surface area contributed by atoms with E-state index >= 15 is 0 Å². The summed E-state index contributed by atoms with van der Waals surface area (Å²) in [6.07, 6.45) is 0. The van der Waals surface area contributed by atoms with Crippen LogP contribution in [0, 0.1) is 5.41 Å². The van der Waals surface area contributed by atoms with Gasteiger partial charge in [-0.1, -0.05) is 6.58 Å². The van der Waals surface area contributed by atoms with Crippen LogP contribution in [0.5, 0.6) is 0 Å². The summed E-state index contributed by atoms with van der Waals surface area (Å²) in [4.78, 5) is 0. The molecule has 0 aromatic rings. The zero-order valence-electron chi connectivity index (χ0n) is 5.41. The Morgan fingerprint density at radius 2 is 2.25 bits per heavy atom. The summed E-state index contributed by atoms with van der Waals surface area (Å²) in [5, 5.41) is 9.96. The highest BCUT2D eigenvalue weighted by atomic mass is 14.9. The Hall–Kier alpha value is -0.790. The predicted molar refractivity (Wildman–Crippen MR) is 36.2 cm³/mol. The molecule has 46 valence electrons. The SMILES string of the molecule is C=C(C)C(=N)NCC. The molecule has 0 fully saturated rings. The molecule has 0 spiro atoms. The van der Waals surface area contributed by atoms with Gasteiger partial charge < -0.3 is 5.32 Å². The van der Waals surface area contributed by atoms with Crippen LogP contribution in [0.2, 0.25) is 0 Å². The Balaban J connectivity index is 3.49. The van der Waals surface area contributed by atoms with Crippen molar-refractivity contribution in [3.05, 3.63) is 12.2 Å². The number of nitrogens with one attached hydrogen (secondary N) is 2. The Labute approximate surface area is 50.1 Å². The molecule has 0 saturated heterocycles. The average molecular weight is 112 g/mol. The van der Waals surface area contributed by atoms with Crippen molar-refractivity contribution < 1.29 is 0 Å². The van der Waals surface area contributed by atoms with Gasteiger partial charge in [-0.05, 0) is 19.4 Å². The van der Waals surface area contributed by atoms with Gasteiger partial charge in [0, 0.05) is 6.54 Å². The molecule has 2 N–H and O–H groups in total. The first-order valence-corrected chi connectivity index (χ1v) is 2.66. The third kappa shape index (κ3) is 2.39. The Bertz CT molecular complexity index is 105. The predicted octanol–water partition coefficient (Wildman–Crippen LogP) is 1.15. The molecule has 0 saturated carbocycles. The average Bonchev–Trinajstić information content (AvgIpc) is 1.67. The highest BCUT2D eigenvalue weighted by Crippen LogP contribution is 1.83. The third-order valence-corrected chi connectivity index (χ3v) is 0.780. The van der Waals surface area contributed by atoms with E-state index in [2.05, 4.69) is 11.9 Å². The molecular weight excluding hydrogens is 100 g/mol. The van der Waals surface area contributed by atoms with Gasteiger partial charge in [0.1, 0.15) is 5.84 Å². The summed E-state index contributed by atoms with van der Waals surface area (Å²) >= 11 is 0. The van der Waals surface area contributed by atoms with Crippen LogP contribution >= 0.6 is 0 Å². The molecule has 0 radical (unpaired) electrons. The third-order valence-electron chi connectivity index (χ3n) is 0.780.